The van der Waals surface area contributed by atoms with Crippen LogP contribution in [-0.4, -0.2) is 37.1 Å². The zero-order valence-corrected chi connectivity index (χ0v) is 14.9. The third-order valence-electron chi connectivity index (χ3n) is 5.15. The Morgan fingerprint density at radius 2 is 1.93 bits per heavy atom. The first-order chi connectivity index (χ1) is 13.1. The first-order valence-corrected chi connectivity index (χ1v) is 9.21. The molecule has 1 N–H and O–H groups in total. The van der Waals surface area contributed by atoms with E-state index in [0.29, 0.717) is 12.2 Å². The van der Waals surface area contributed by atoms with E-state index in [2.05, 4.69) is 10.2 Å². The third kappa shape index (κ3) is 4.20. The molecule has 2 aliphatic rings. The molecule has 1 saturated heterocycles. The van der Waals surface area contributed by atoms with Crippen LogP contribution in [0.25, 0.3) is 0 Å². The number of amides is 1. The molecule has 5 nitrogen and oxygen atoms in total. The molecule has 0 radical (unpaired) electrons. The number of carbonyl (C=O) groups is 1. The molecule has 0 spiro atoms. The number of ether oxygens (including phenoxy) is 1. The second-order valence-corrected chi connectivity index (χ2v) is 7.07. The van der Waals surface area contributed by atoms with Crippen molar-refractivity contribution in [3.63, 3.8) is 0 Å². The predicted molar refractivity (Wildman–Crippen MR) is 93.9 cm³/mol. The largest absolute Gasteiger partial charge is 0.463 e. The van der Waals surface area contributed by atoms with Crippen molar-refractivity contribution in [2.75, 3.05) is 26.3 Å². The number of hydrogen-bond acceptors (Lipinski definition) is 4. The molecule has 2 fully saturated rings. The predicted octanol–water partition coefficient (Wildman–Crippen LogP) is 2.81. The summed E-state index contributed by atoms with van der Waals surface area (Å²) in [6, 6.07) is 7.87. The summed E-state index contributed by atoms with van der Waals surface area (Å²) < 4.78 is 38.3. The molecule has 1 saturated carbocycles. The van der Waals surface area contributed by atoms with Gasteiger partial charge in [-0.05, 0) is 36.1 Å². The Morgan fingerprint density at radius 3 is 2.74 bits per heavy atom. The summed E-state index contributed by atoms with van der Waals surface area (Å²) in [5.74, 6) is -0.917. The van der Waals surface area contributed by atoms with E-state index in [-0.39, 0.29) is 29.9 Å². The fourth-order valence-corrected chi connectivity index (χ4v) is 3.52. The SMILES string of the molecule is O=C(NCc1ccc(CN2CCOCC2)o1)[C@H]1C[C@H]1c1cccc(F)c1F. The molecule has 27 heavy (non-hydrogen) atoms. The first-order valence-electron chi connectivity index (χ1n) is 9.21. The van der Waals surface area contributed by atoms with Gasteiger partial charge in [0.2, 0.25) is 5.91 Å². The van der Waals surface area contributed by atoms with Crippen LogP contribution in [0.2, 0.25) is 0 Å². The smallest absolute Gasteiger partial charge is 0.224 e. The standard InChI is InChI=1S/C20H22F2N2O3/c21-18-3-1-2-15(19(18)22)16-10-17(16)20(25)23-11-13-4-5-14(27-13)12-24-6-8-26-9-7-24/h1-5,16-17H,6-12H2,(H,23,25)/t16-,17-/m0/s1. The van der Waals surface area contributed by atoms with Gasteiger partial charge in [0.25, 0.3) is 0 Å². The Bertz CT molecular complexity index is 817. The van der Waals surface area contributed by atoms with Gasteiger partial charge in [0.05, 0.1) is 26.3 Å². The topological polar surface area (TPSA) is 54.7 Å². The maximum Gasteiger partial charge on any atom is 0.224 e. The van der Waals surface area contributed by atoms with Gasteiger partial charge in [-0.2, -0.15) is 0 Å². The molecule has 1 aliphatic carbocycles. The van der Waals surface area contributed by atoms with Crippen LogP contribution in [0.3, 0.4) is 0 Å². The van der Waals surface area contributed by atoms with Crippen LogP contribution in [-0.2, 0) is 22.6 Å². The van der Waals surface area contributed by atoms with Crippen LogP contribution < -0.4 is 5.32 Å². The monoisotopic (exact) mass is 376 g/mol. The third-order valence-corrected chi connectivity index (χ3v) is 5.15. The van der Waals surface area contributed by atoms with Crippen molar-refractivity contribution < 1.29 is 22.7 Å². The molecule has 7 heteroatoms. The fraction of sp³-hybridized carbons (Fsp3) is 0.450. The summed E-state index contributed by atoms with van der Waals surface area (Å²) >= 11 is 0. The maximum absolute atomic E-state index is 13.8. The lowest BCUT2D eigenvalue weighted by molar-refractivity contribution is -0.122. The van der Waals surface area contributed by atoms with Crippen molar-refractivity contribution >= 4 is 5.91 Å². The van der Waals surface area contributed by atoms with E-state index in [4.69, 9.17) is 9.15 Å². The average molecular weight is 376 g/mol. The van der Waals surface area contributed by atoms with Gasteiger partial charge in [-0.1, -0.05) is 12.1 Å². The minimum atomic E-state index is -0.873. The zero-order valence-electron chi connectivity index (χ0n) is 14.9. The summed E-state index contributed by atoms with van der Waals surface area (Å²) in [5.41, 5.74) is 0.279. The van der Waals surface area contributed by atoms with Gasteiger partial charge in [0, 0.05) is 19.0 Å². The summed E-state index contributed by atoms with van der Waals surface area (Å²) in [6.07, 6.45) is 0.534. The molecule has 0 unspecified atom stereocenters. The molecular formula is C20H22F2N2O3. The fourth-order valence-electron chi connectivity index (χ4n) is 3.52. The van der Waals surface area contributed by atoms with E-state index in [0.717, 1.165) is 44.7 Å². The molecule has 1 aliphatic heterocycles. The number of nitrogens with one attached hydrogen (secondary N) is 1. The highest BCUT2D eigenvalue weighted by atomic mass is 19.2. The summed E-state index contributed by atoms with van der Waals surface area (Å²) in [7, 11) is 0. The van der Waals surface area contributed by atoms with E-state index in [1.807, 2.05) is 12.1 Å². The number of halogens is 2. The number of benzene rings is 1. The van der Waals surface area contributed by atoms with Gasteiger partial charge in [0.15, 0.2) is 11.6 Å². The number of rotatable bonds is 6. The van der Waals surface area contributed by atoms with Crippen molar-refractivity contribution in [1.29, 1.82) is 0 Å². The molecular weight excluding hydrogens is 354 g/mol. The summed E-state index contributed by atoms with van der Waals surface area (Å²) in [4.78, 5) is 14.5. The molecule has 1 amide bonds. The molecule has 1 aromatic carbocycles. The zero-order chi connectivity index (χ0) is 18.8. The quantitative estimate of drug-likeness (QED) is 0.842. The molecule has 144 valence electrons. The van der Waals surface area contributed by atoms with Crippen molar-refractivity contribution in [1.82, 2.24) is 10.2 Å². The normalized spacial score (nSPS) is 22.6. The Hall–Kier alpha value is -2.25. The van der Waals surface area contributed by atoms with Gasteiger partial charge in [-0.15, -0.1) is 0 Å². The van der Waals surface area contributed by atoms with Gasteiger partial charge in [-0.3, -0.25) is 9.69 Å². The van der Waals surface area contributed by atoms with Crippen molar-refractivity contribution in [2.24, 2.45) is 5.92 Å². The molecule has 2 heterocycles. The van der Waals surface area contributed by atoms with Crippen LogP contribution in [0.15, 0.2) is 34.7 Å². The number of carbonyl (C=O) groups excluding carboxylic acids is 1. The second-order valence-electron chi connectivity index (χ2n) is 7.07. The Balaban J connectivity index is 1.27. The van der Waals surface area contributed by atoms with Gasteiger partial charge in [0.1, 0.15) is 11.5 Å². The van der Waals surface area contributed by atoms with E-state index in [1.54, 1.807) is 6.07 Å². The Kier molecular flexibility index (Phi) is 5.22. The molecule has 4 rings (SSSR count). The minimum absolute atomic E-state index is 0.158. The number of nitrogens with zero attached hydrogens (tertiary/aromatic N) is 1. The minimum Gasteiger partial charge on any atom is -0.463 e. The van der Waals surface area contributed by atoms with Gasteiger partial charge < -0.3 is 14.5 Å². The summed E-state index contributed by atoms with van der Waals surface area (Å²) in [6.45, 7) is 4.24. The van der Waals surface area contributed by atoms with E-state index in [1.165, 1.54) is 6.07 Å². The van der Waals surface area contributed by atoms with E-state index < -0.39 is 11.6 Å². The molecule has 2 atom stereocenters. The van der Waals surface area contributed by atoms with Gasteiger partial charge in [-0.25, -0.2) is 8.78 Å². The number of furan rings is 1. The Labute approximate surface area is 156 Å². The number of hydrogen-bond donors (Lipinski definition) is 1. The lowest BCUT2D eigenvalue weighted by Gasteiger charge is -2.25. The van der Waals surface area contributed by atoms with Gasteiger partial charge >= 0.3 is 0 Å². The first kappa shape index (κ1) is 18.1. The highest BCUT2D eigenvalue weighted by molar-refractivity contribution is 5.82. The maximum atomic E-state index is 13.8. The summed E-state index contributed by atoms with van der Waals surface area (Å²) in [5, 5.41) is 2.83. The highest BCUT2D eigenvalue weighted by Crippen LogP contribution is 2.48. The van der Waals surface area contributed by atoms with Crippen molar-refractivity contribution in [3.05, 3.63) is 59.1 Å². The average Bonchev–Trinajstić information content (AvgIpc) is 3.35. The van der Waals surface area contributed by atoms with Crippen LogP contribution in [0.5, 0.6) is 0 Å². The van der Waals surface area contributed by atoms with Crippen molar-refractivity contribution in [2.45, 2.75) is 25.4 Å². The van der Waals surface area contributed by atoms with Crippen LogP contribution in [0.4, 0.5) is 8.78 Å². The lowest BCUT2D eigenvalue weighted by Crippen LogP contribution is -2.35. The van der Waals surface area contributed by atoms with Crippen LogP contribution in [0, 0.1) is 17.6 Å². The molecule has 1 aromatic heterocycles. The highest BCUT2D eigenvalue weighted by Gasteiger charge is 2.45. The Morgan fingerprint density at radius 1 is 1.15 bits per heavy atom. The second kappa shape index (κ2) is 7.78. The van der Waals surface area contributed by atoms with Crippen LogP contribution in [0.1, 0.15) is 29.4 Å². The molecule has 0 bridgehead atoms. The number of morpholine rings is 1. The van der Waals surface area contributed by atoms with Crippen molar-refractivity contribution in [3.8, 4) is 0 Å². The van der Waals surface area contributed by atoms with E-state index in [9.17, 15) is 13.6 Å². The van der Waals surface area contributed by atoms with E-state index >= 15 is 0 Å². The van der Waals surface area contributed by atoms with Crippen LogP contribution >= 0.6 is 0 Å². The lowest BCUT2D eigenvalue weighted by atomic mass is 10.1. The molecule has 2 aromatic rings.